The molecule has 0 atom stereocenters. The number of hydrogen-bond acceptors (Lipinski definition) is 2. The van der Waals surface area contributed by atoms with Crippen LogP contribution in [0.5, 0.6) is 0 Å². The molecule has 2 heterocycles. The Hall–Kier alpha value is -0.890. The molecule has 2 rings (SSSR count). The van der Waals surface area contributed by atoms with E-state index in [0.717, 1.165) is 18.8 Å². The van der Waals surface area contributed by atoms with Gasteiger partial charge < -0.3 is 5.32 Å². The number of hydrogen-bond donors (Lipinski definition) is 1. The van der Waals surface area contributed by atoms with E-state index < -0.39 is 0 Å². The van der Waals surface area contributed by atoms with Crippen molar-refractivity contribution in [2.24, 2.45) is 0 Å². The second kappa shape index (κ2) is 2.06. The van der Waals surface area contributed by atoms with E-state index in [1.54, 1.807) is 0 Å². The number of fused-ring (bicyclic) bond motifs is 1. The molecule has 0 radical (unpaired) electrons. The van der Waals surface area contributed by atoms with E-state index in [-0.39, 0.29) is 0 Å². The average molecular weight is 134 g/mol. The van der Waals surface area contributed by atoms with Crippen LogP contribution in [0.25, 0.3) is 0 Å². The Morgan fingerprint density at radius 2 is 2.30 bits per heavy atom. The molecule has 0 bridgehead atoms. The Balaban J connectivity index is 2.52. The molecule has 1 aliphatic heterocycles. The number of pyridine rings is 1. The third kappa shape index (κ3) is 0.809. The predicted molar refractivity (Wildman–Crippen MR) is 39.5 cm³/mol. The fourth-order valence-corrected chi connectivity index (χ4v) is 1.27. The van der Waals surface area contributed by atoms with Crippen molar-refractivity contribution in [3.8, 4) is 0 Å². The van der Waals surface area contributed by atoms with Crippen LogP contribution in [0.3, 0.4) is 0 Å². The Labute approximate surface area is 60.3 Å². The van der Waals surface area contributed by atoms with Crippen molar-refractivity contribution in [1.29, 1.82) is 0 Å². The Morgan fingerprint density at radius 1 is 1.40 bits per heavy atom. The second-order valence-electron chi connectivity index (χ2n) is 2.66. The van der Waals surface area contributed by atoms with Crippen molar-refractivity contribution in [2.75, 3.05) is 0 Å². The molecular formula is C8H10N2. The highest BCUT2D eigenvalue weighted by Gasteiger charge is 2.09. The fraction of sp³-hybridized carbons (Fsp3) is 0.375. The van der Waals surface area contributed by atoms with Crippen molar-refractivity contribution in [3.05, 3.63) is 29.1 Å². The number of nitrogens with one attached hydrogen (secondary N) is 1. The van der Waals surface area contributed by atoms with Gasteiger partial charge in [0.25, 0.3) is 0 Å². The van der Waals surface area contributed by atoms with Gasteiger partial charge in [0, 0.05) is 18.8 Å². The van der Waals surface area contributed by atoms with Crippen molar-refractivity contribution in [3.63, 3.8) is 0 Å². The summed E-state index contributed by atoms with van der Waals surface area (Å²) in [4.78, 5) is 4.39. The number of rotatable bonds is 0. The normalized spacial score (nSPS) is 15.3. The molecule has 1 aromatic rings. The average Bonchev–Trinajstić information content (AvgIpc) is 2.33. The van der Waals surface area contributed by atoms with Crippen molar-refractivity contribution in [2.45, 2.75) is 20.0 Å². The minimum Gasteiger partial charge on any atom is -0.307 e. The van der Waals surface area contributed by atoms with Gasteiger partial charge in [0.05, 0.1) is 5.69 Å². The summed E-state index contributed by atoms with van der Waals surface area (Å²) in [6.45, 7) is 3.96. The van der Waals surface area contributed by atoms with Crippen molar-refractivity contribution >= 4 is 0 Å². The van der Waals surface area contributed by atoms with Crippen LogP contribution in [0.2, 0.25) is 0 Å². The third-order valence-electron chi connectivity index (χ3n) is 1.82. The van der Waals surface area contributed by atoms with E-state index in [9.17, 15) is 0 Å². The molecule has 0 saturated carbocycles. The van der Waals surface area contributed by atoms with Crippen LogP contribution in [0.1, 0.15) is 17.0 Å². The lowest BCUT2D eigenvalue weighted by Crippen LogP contribution is -2.00. The SMILES string of the molecule is Cc1ccc2c(n1)CNC2. The largest absolute Gasteiger partial charge is 0.307 e. The first-order chi connectivity index (χ1) is 4.86. The summed E-state index contributed by atoms with van der Waals surface area (Å²) in [7, 11) is 0. The first-order valence-electron chi connectivity index (χ1n) is 3.52. The van der Waals surface area contributed by atoms with Gasteiger partial charge in [0.2, 0.25) is 0 Å². The van der Waals surface area contributed by atoms with Crippen LogP contribution in [-0.2, 0) is 13.1 Å². The second-order valence-corrected chi connectivity index (χ2v) is 2.66. The Kier molecular flexibility index (Phi) is 1.21. The smallest absolute Gasteiger partial charge is 0.0589 e. The predicted octanol–water partition coefficient (Wildman–Crippen LogP) is 0.993. The zero-order valence-electron chi connectivity index (χ0n) is 6.02. The van der Waals surface area contributed by atoms with Gasteiger partial charge in [-0.1, -0.05) is 6.07 Å². The minimum absolute atomic E-state index is 0.941. The summed E-state index contributed by atoms with van der Waals surface area (Å²) >= 11 is 0. The molecule has 1 N–H and O–H groups in total. The number of aromatic nitrogens is 1. The highest BCUT2D eigenvalue weighted by molar-refractivity contribution is 5.25. The molecule has 0 amide bonds. The molecule has 1 aliphatic rings. The standard InChI is InChI=1S/C8H10N2/c1-6-2-3-7-4-9-5-8(7)10-6/h2-3,9H,4-5H2,1H3. The number of nitrogens with zero attached hydrogens (tertiary/aromatic N) is 1. The van der Waals surface area contributed by atoms with Gasteiger partial charge in [-0.15, -0.1) is 0 Å². The zero-order chi connectivity index (χ0) is 6.97. The highest BCUT2D eigenvalue weighted by Crippen LogP contribution is 2.12. The van der Waals surface area contributed by atoms with Crippen LogP contribution in [-0.4, -0.2) is 4.98 Å². The third-order valence-corrected chi connectivity index (χ3v) is 1.82. The van der Waals surface area contributed by atoms with E-state index in [1.165, 1.54) is 11.3 Å². The summed E-state index contributed by atoms with van der Waals surface area (Å²) in [5.41, 5.74) is 3.69. The lowest BCUT2D eigenvalue weighted by molar-refractivity contribution is 0.757. The van der Waals surface area contributed by atoms with Gasteiger partial charge in [-0.25, -0.2) is 0 Å². The molecule has 52 valence electrons. The van der Waals surface area contributed by atoms with E-state index in [1.807, 2.05) is 6.92 Å². The molecule has 2 nitrogen and oxygen atoms in total. The zero-order valence-corrected chi connectivity index (χ0v) is 6.02. The molecule has 0 aromatic carbocycles. The van der Waals surface area contributed by atoms with Crippen molar-refractivity contribution < 1.29 is 0 Å². The number of aryl methyl sites for hydroxylation is 1. The molecular weight excluding hydrogens is 124 g/mol. The Morgan fingerprint density at radius 3 is 3.20 bits per heavy atom. The highest BCUT2D eigenvalue weighted by atomic mass is 14.9. The summed E-state index contributed by atoms with van der Waals surface area (Å²) < 4.78 is 0. The van der Waals surface area contributed by atoms with Gasteiger partial charge in [0.1, 0.15) is 0 Å². The van der Waals surface area contributed by atoms with Crippen molar-refractivity contribution in [1.82, 2.24) is 10.3 Å². The fourth-order valence-electron chi connectivity index (χ4n) is 1.27. The van der Waals surface area contributed by atoms with Crippen LogP contribution in [0, 0.1) is 6.92 Å². The minimum atomic E-state index is 0.941. The first-order valence-corrected chi connectivity index (χ1v) is 3.52. The van der Waals surface area contributed by atoms with Crippen LogP contribution in [0.4, 0.5) is 0 Å². The lowest BCUT2D eigenvalue weighted by atomic mass is 10.2. The topological polar surface area (TPSA) is 24.9 Å². The molecule has 0 unspecified atom stereocenters. The molecule has 2 heteroatoms. The summed E-state index contributed by atoms with van der Waals surface area (Å²) in [6, 6.07) is 4.21. The quantitative estimate of drug-likeness (QED) is 0.572. The van der Waals surface area contributed by atoms with E-state index >= 15 is 0 Å². The maximum absolute atomic E-state index is 4.39. The monoisotopic (exact) mass is 134 g/mol. The summed E-state index contributed by atoms with van der Waals surface area (Å²) in [5, 5.41) is 3.25. The molecule has 0 spiro atoms. The molecule has 10 heavy (non-hydrogen) atoms. The molecule has 1 aromatic heterocycles. The van der Waals surface area contributed by atoms with Gasteiger partial charge >= 0.3 is 0 Å². The van der Waals surface area contributed by atoms with Crippen LogP contribution >= 0.6 is 0 Å². The van der Waals surface area contributed by atoms with Gasteiger partial charge in [-0.3, -0.25) is 4.98 Å². The Bertz CT molecular complexity index is 255. The van der Waals surface area contributed by atoms with Gasteiger partial charge in [-0.2, -0.15) is 0 Å². The first kappa shape index (κ1) is 5.86. The van der Waals surface area contributed by atoms with Gasteiger partial charge in [-0.05, 0) is 18.6 Å². The summed E-state index contributed by atoms with van der Waals surface area (Å²) in [6.07, 6.45) is 0. The molecule has 0 fully saturated rings. The maximum Gasteiger partial charge on any atom is 0.0589 e. The summed E-state index contributed by atoms with van der Waals surface area (Å²) in [5.74, 6) is 0. The van der Waals surface area contributed by atoms with Crippen LogP contribution < -0.4 is 5.32 Å². The van der Waals surface area contributed by atoms with Gasteiger partial charge in [0.15, 0.2) is 0 Å². The molecule has 0 aliphatic carbocycles. The lowest BCUT2D eigenvalue weighted by Gasteiger charge is -1.96. The molecule has 0 saturated heterocycles. The van der Waals surface area contributed by atoms with Crippen LogP contribution in [0.15, 0.2) is 12.1 Å². The maximum atomic E-state index is 4.39. The van der Waals surface area contributed by atoms with E-state index in [4.69, 9.17) is 0 Å². The van der Waals surface area contributed by atoms with E-state index in [2.05, 4.69) is 22.4 Å². The van der Waals surface area contributed by atoms with E-state index in [0.29, 0.717) is 0 Å².